The van der Waals surface area contributed by atoms with E-state index in [9.17, 15) is 5.11 Å². The second kappa shape index (κ2) is 9.63. The van der Waals surface area contributed by atoms with Gasteiger partial charge in [0.25, 0.3) is 0 Å². The number of aliphatic hydroxyl groups excluding tert-OH is 1. The lowest BCUT2D eigenvalue weighted by Crippen LogP contribution is -2.16. The van der Waals surface area contributed by atoms with E-state index in [2.05, 4.69) is 66.9 Å². The van der Waals surface area contributed by atoms with E-state index >= 15 is 0 Å². The molecule has 4 atom stereocenters. The molecule has 0 aromatic heterocycles. The fourth-order valence-electron chi connectivity index (χ4n) is 4.76. The molecule has 1 fully saturated rings. The first-order valence-corrected chi connectivity index (χ1v) is 11.3. The molecule has 1 aromatic rings. The Morgan fingerprint density at radius 1 is 1.10 bits per heavy atom. The summed E-state index contributed by atoms with van der Waals surface area (Å²) in [6.07, 6.45) is 17.7. The van der Waals surface area contributed by atoms with Crippen LogP contribution in [0.5, 0.6) is 0 Å². The van der Waals surface area contributed by atoms with Crippen LogP contribution in [-0.2, 0) is 4.74 Å². The average molecular weight is 404 g/mol. The zero-order chi connectivity index (χ0) is 20.9. The van der Waals surface area contributed by atoms with E-state index in [4.69, 9.17) is 4.74 Å². The molecule has 1 aromatic carbocycles. The molecular weight excluding hydrogens is 370 g/mol. The van der Waals surface area contributed by atoms with E-state index in [1.165, 1.54) is 22.3 Å². The molecule has 0 saturated carbocycles. The topological polar surface area (TPSA) is 44.8 Å². The van der Waals surface area contributed by atoms with Gasteiger partial charge in [-0.2, -0.15) is 0 Å². The summed E-state index contributed by atoms with van der Waals surface area (Å²) in [4.78, 5) is 0. The Bertz CT molecular complexity index is 891. The van der Waals surface area contributed by atoms with Crippen molar-refractivity contribution in [2.24, 2.45) is 11.8 Å². The monoisotopic (exact) mass is 403 g/mol. The van der Waals surface area contributed by atoms with E-state index in [-0.39, 0.29) is 5.92 Å². The number of rotatable bonds is 8. The summed E-state index contributed by atoms with van der Waals surface area (Å²) in [6, 6.07) is 10.7. The molecule has 0 bridgehead atoms. The van der Waals surface area contributed by atoms with Crippen molar-refractivity contribution in [3.8, 4) is 0 Å². The molecule has 0 amide bonds. The number of hydrogen-bond acceptors (Lipinski definition) is 3. The molecule has 1 saturated heterocycles. The fraction of sp³-hybridized carbons (Fsp3) is 0.407. The minimum absolute atomic E-state index is 0.282. The van der Waals surface area contributed by atoms with E-state index < -0.39 is 0 Å². The molecule has 1 heterocycles. The Morgan fingerprint density at radius 2 is 1.93 bits per heavy atom. The molecule has 2 N–H and O–H groups in total. The Labute approximate surface area is 180 Å². The molecule has 3 aliphatic rings. The number of hydrogen-bond donors (Lipinski definition) is 2. The van der Waals surface area contributed by atoms with Crippen molar-refractivity contribution in [2.45, 2.75) is 44.8 Å². The molecule has 3 heteroatoms. The van der Waals surface area contributed by atoms with E-state index in [1.807, 2.05) is 19.2 Å². The first kappa shape index (κ1) is 20.9. The Balaban J connectivity index is 1.59. The third kappa shape index (κ3) is 4.69. The van der Waals surface area contributed by atoms with E-state index in [0.29, 0.717) is 23.9 Å². The molecule has 2 aliphatic carbocycles. The predicted molar refractivity (Wildman–Crippen MR) is 124 cm³/mol. The molecule has 30 heavy (non-hydrogen) atoms. The van der Waals surface area contributed by atoms with E-state index in [1.54, 1.807) is 0 Å². The smallest absolute Gasteiger partial charge is 0.111 e. The Morgan fingerprint density at radius 3 is 2.57 bits per heavy atom. The first-order valence-electron chi connectivity index (χ1n) is 11.3. The maximum Gasteiger partial charge on any atom is 0.111 e. The number of benzene rings is 1. The lowest BCUT2D eigenvalue weighted by molar-refractivity contribution is 0.333. The van der Waals surface area contributed by atoms with Gasteiger partial charge in [-0.3, -0.25) is 0 Å². The fourth-order valence-corrected chi connectivity index (χ4v) is 4.76. The van der Waals surface area contributed by atoms with Crippen molar-refractivity contribution in [1.29, 1.82) is 0 Å². The Hall–Kier alpha value is -2.36. The largest absolute Gasteiger partial charge is 0.508 e. The van der Waals surface area contributed by atoms with Gasteiger partial charge in [0.05, 0.1) is 12.2 Å². The highest BCUT2D eigenvalue weighted by atomic mass is 16.6. The van der Waals surface area contributed by atoms with Crippen LogP contribution in [-0.4, -0.2) is 30.9 Å². The van der Waals surface area contributed by atoms with Crippen LogP contribution in [0.3, 0.4) is 0 Å². The van der Waals surface area contributed by atoms with Gasteiger partial charge >= 0.3 is 0 Å². The lowest BCUT2D eigenvalue weighted by atomic mass is 9.78. The quantitative estimate of drug-likeness (QED) is 0.544. The molecule has 4 unspecified atom stereocenters. The number of ether oxygens (including phenoxy) is 1. The number of aliphatic hydroxyl groups is 1. The van der Waals surface area contributed by atoms with Gasteiger partial charge in [-0.25, -0.2) is 0 Å². The van der Waals surface area contributed by atoms with Crippen LogP contribution in [0.2, 0.25) is 0 Å². The van der Waals surface area contributed by atoms with Crippen LogP contribution >= 0.6 is 0 Å². The van der Waals surface area contributed by atoms with Crippen LogP contribution in [0.4, 0.5) is 0 Å². The van der Waals surface area contributed by atoms with Gasteiger partial charge in [0.1, 0.15) is 5.76 Å². The summed E-state index contributed by atoms with van der Waals surface area (Å²) >= 11 is 0. The second-order valence-corrected chi connectivity index (χ2v) is 8.39. The van der Waals surface area contributed by atoms with Gasteiger partial charge in [0.15, 0.2) is 0 Å². The maximum atomic E-state index is 9.83. The predicted octanol–water partition coefficient (Wildman–Crippen LogP) is 5.75. The van der Waals surface area contributed by atoms with Gasteiger partial charge in [-0.1, -0.05) is 61.6 Å². The van der Waals surface area contributed by atoms with Crippen LogP contribution in [0.15, 0.2) is 83.7 Å². The number of nitrogens with one attached hydrogen (secondary N) is 1. The van der Waals surface area contributed by atoms with Crippen LogP contribution in [0.1, 0.15) is 38.2 Å². The van der Waals surface area contributed by atoms with Crippen molar-refractivity contribution < 1.29 is 9.84 Å². The van der Waals surface area contributed by atoms with Gasteiger partial charge in [0.2, 0.25) is 0 Å². The first-order chi connectivity index (χ1) is 14.7. The average Bonchev–Trinajstić information content (AvgIpc) is 3.57. The standard InChI is InChI=1S/C27H33NO2/c1-3-24(19-7-5-4-6-8-19)26(21-13-15-23(29)16-14-21)20-9-11-22(12-10-20)27-25(30-27)17-18-28-2/h4-11,13,15-16,21-22,25,27-29H,3,12,14,17-18H2,1-2H3/b26-24+. The highest BCUT2D eigenvalue weighted by Gasteiger charge is 2.43. The van der Waals surface area contributed by atoms with Gasteiger partial charge < -0.3 is 15.2 Å². The summed E-state index contributed by atoms with van der Waals surface area (Å²) in [6.45, 7) is 3.25. The molecule has 3 nitrogen and oxygen atoms in total. The van der Waals surface area contributed by atoms with Crippen molar-refractivity contribution in [2.75, 3.05) is 13.6 Å². The summed E-state index contributed by atoms with van der Waals surface area (Å²) in [5.41, 5.74) is 5.39. The number of allylic oxidation sites excluding steroid dienone is 8. The van der Waals surface area contributed by atoms with Crippen molar-refractivity contribution >= 4 is 5.57 Å². The second-order valence-electron chi connectivity index (χ2n) is 8.39. The summed E-state index contributed by atoms with van der Waals surface area (Å²) in [5, 5.41) is 13.0. The van der Waals surface area contributed by atoms with Gasteiger partial charge in [-0.15, -0.1) is 0 Å². The van der Waals surface area contributed by atoms with Crippen LogP contribution in [0, 0.1) is 11.8 Å². The van der Waals surface area contributed by atoms with Crippen molar-refractivity contribution in [3.05, 3.63) is 89.3 Å². The minimum atomic E-state index is 0.282. The van der Waals surface area contributed by atoms with Gasteiger partial charge in [0, 0.05) is 11.8 Å². The zero-order valence-electron chi connectivity index (χ0n) is 18.1. The summed E-state index contributed by atoms with van der Waals surface area (Å²) in [5.74, 6) is 1.13. The van der Waals surface area contributed by atoms with Crippen LogP contribution < -0.4 is 5.32 Å². The zero-order valence-corrected chi connectivity index (χ0v) is 18.1. The normalized spacial score (nSPS) is 28.6. The van der Waals surface area contributed by atoms with E-state index in [0.717, 1.165) is 32.2 Å². The molecule has 0 radical (unpaired) electrons. The third-order valence-electron chi connectivity index (χ3n) is 6.42. The molecule has 158 valence electrons. The molecule has 1 aliphatic heterocycles. The third-order valence-corrected chi connectivity index (χ3v) is 6.42. The highest BCUT2D eigenvalue weighted by Crippen LogP contribution is 2.41. The van der Waals surface area contributed by atoms with Crippen molar-refractivity contribution in [3.63, 3.8) is 0 Å². The number of epoxide rings is 1. The summed E-state index contributed by atoms with van der Waals surface area (Å²) < 4.78 is 5.94. The van der Waals surface area contributed by atoms with Crippen LogP contribution in [0.25, 0.3) is 5.57 Å². The highest BCUT2D eigenvalue weighted by molar-refractivity contribution is 5.75. The molecule has 0 spiro atoms. The Kier molecular flexibility index (Phi) is 6.71. The van der Waals surface area contributed by atoms with Crippen molar-refractivity contribution in [1.82, 2.24) is 5.32 Å². The lowest BCUT2D eigenvalue weighted by Gasteiger charge is -2.26. The maximum absolute atomic E-state index is 9.83. The summed E-state index contributed by atoms with van der Waals surface area (Å²) in [7, 11) is 1.99. The molecule has 4 rings (SSSR count). The molecular formula is C27H33NO2. The van der Waals surface area contributed by atoms with Gasteiger partial charge in [-0.05, 0) is 73.7 Å². The minimum Gasteiger partial charge on any atom is -0.508 e. The SMILES string of the molecule is CC/C(=C(/C1=CCC(C2OC2CCNC)C=C1)C1C=CC(O)=CC1)c1ccccc1.